The summed E-state index contributed by atoms with van der Waals surface area (Å²) in [6.45, 7) is 3.83. The molecule has 0 atom stereocenters. The van der Waals surface area contributed by atoms with E-state index in [4.69, 9.17) is 4.74 Å². The van der Waals surface area contributed by atoms with E-state index in [9.17, 15) is 0 Å². The minimum atomic E-state index is 0.889. The monoisotopic (exact) mass is 153 g/mol. The van der Waals surface area contributed by atoms with Gasteiger partial charge in [0.05, 0.1) is 13.2 Å². The molecular weight excluding hydrogens is 142 g/mol. The molecule has 1 heterocycles. The van der Waals surface area contributed by atoms with Gasteiger partial charge in [0.15, 0.2) is 0 Å². The summed E-state index contributed by atoms with van der Waals surface area (Å²) in [5.41, 5.74) is 0. The van der Waals surface area contributed by atoms with Gasteiger partial charge in [0.1, 0.15) is 0 Å². The van der Waals surface area contributed by atoms with Gasteiger partial charge in [-0.2, -0.15) is 0 Å². The van der Waals surface area contributed by atoms with Crippen LogP contribution in [0.4, 0.5) is 0 Å². The van der Waals surface area contributed by atoms with Crippen LogP contribution in [0, 0.1) is 0 Å². The fourth-order valence-corrected chi connectivity index (χ4v) is 0.516. The van der Waals surface area contributed by atoms with Crippen LogP contribution < -0.4 is 5.32 Å². The van der Waals surface area contributed by atoms with Gasteiger partial charge in [0.2, 0.25) is 0 Å². The molecule has 0 aromatic heterocycles. The highest BCUT2D eigenvalue weighted by Gasteiger charge is 1.92. The van der Waals surface area contributed by atoms with Crippen LogP contribution >= 0.6 is 23.3 Å². The summed E-state index contributed by atoms with van der Waals surface area (Å²) in [6.07, 6.45) is 0. The molecule has 8 heavy (non-hydrogen) atoms. The molecule has 1 aliphatic heterocycles. The third-order valence-corrected chi connectivity index (χ3v) is 0.846. The molecule has 0 radical (unpaired) electrons. The lowest BCUT2D eigenvalue weighted by molar-refractivity contribution is 0.109. The van der Waals surface area contributed by atoms with E-state index in [2.05, 4.69) is 28.6 Å². The van der Waals surface area contributed by atoms with Crippen LogP contribution in [-0.4, -0.2) is 26.3 Å². The Morgan fingerprint density at radius 2 is 1.62 bits per heavy atom. The van der Waals surface area contributed by atoms with Crippen molar-refractivity contribution in [2.75, 3.05) is 26.3 Å². The van der Waals surface area contributed by atoms with E-state index >= 15 is 0 Å². The lowest BCUT2D eigenvalue weighted by Gasteiger charge is -2.10. The van der Waals surface area contributed by atoms with E-state index in [-0.39, 0.29) is 0 Å². The molecule has 2 nitrogen and oxygen atoms in total. The summed E-state index contributed by atoms with van der Waals surface area (Å²) in [4.78, 5) is 0. The van der Waals surface area contributed by atoms with Crippen LogP contribution in [0.25, 0.3) is 0 Å². The van der Waals surface area contributed by atoms with E-state index in [1.165, 1.54) is 0 Å². The fraction of sp³-hybridized carbons (Fsp3) is 1.00. The molecule has 0 spiro atoms. The predicted molar refractivity (Wildman–Crippen MR) is 41.7 cm³/mol. The Morgan fingerprint density at radius 3 is 1.75 bits per heavy atom. The van der Waals surface area contributed by atoms with Crippen LogP contribution in [0.1, 0.15) is 0 Å². The van der Waals surface area contributed by atoms with Gasteiger partial charge in [0.25, 0.3) is 0 Å². The highest BCUT2D eigenvalue weighted by molar-refractivity contribution is 8.59. The van der Waals surface area contributed by atoms with Gasteiger partial charge in [-0.3, -0.25) is 0 Å². The maximum Gasteiger partial charge on any atom is 0.0591 e. The van der Waals surface area contributed by atoms with Crippen molar-refractivity contribution in [1.82, 2.24) is 5.32 Å². The second-order valence-electron chi connectivity index (χ2n) is 1.36. The number of thiol groups is 2. The van der Waals surface area contributed by atoms with Gasteiger partial charge in [0, 0.05) is 13.1 Å². The Balaban J connectivity index is 0.000000222. The van der Waals surface area contributed by atoms with Gasteiger partial charge in [-0.05, 0) is 0 Å². The van der Waals surface area contributed by atoms with Crippen molar-refractivity contribution in [2.24, 2.45) is 0 Å². The Kier molecular flexibility index (Phi) is 8.21. The number of nitrogens with one attached hydrogen (secondary N) is 1. The molecule has 0 unspecified atom stereocenters. The van der Waals surface area contributed by atoms with E-state index in [1.807, 2.05) is 0 Å². The summed E-state index contributed by atoms with van der Waals surface area (Å²) in [5, 5.41) is 3.16. The highest BCUT2D eigenvalue weighted by Crippen LogP contribution is 1.76. The first kappa shape index (κ1) is 8.62. The van der Waals surface area contributed by atoms with Crippen LogP contribution in [-0.2, 0) is 4.74 Å². The van der Waals surface area contributed by atoms with Crippen molar-refractivity contribution in [3.63, 3.8) is 0 Å². The average molecular weight is 153 g/mol. The van der Waals surface area contributed by atoms with E-state index in [0.29, 0.717) is 0 Å². The molecule has 1 fully saturated rings. The number of hydrogen-bond acceptors (Lipinski definition) is 4. The number of rotatable bonds is 0. The van der Waals surface area contributed by atoms with Crippen molar-refractivity contribution in [3.05, 3.63) is 0 Å². The molecule has 0 amide bonds. The quantitative estimate of drug-likeness (QED) is 0.345. The first-order valence-electron chi connectivity index (χ1n) is 2.48. The minimum absolute atomic E-state index is 0.889. The largest absolute Gasteiger partial charge is 0.379 e. The number of ether oxygens (including phenoxy) is 1. The zero-order valence-corrected chi connectivity index (χ0v) is 6.42. The highest BCUT2D eigenvalue weighted by atomic mass is 33.1. The molecule has 4 heteroatoms. The fourth-order valence-electron chi connectivity index (χ4n) is 0.516. The minimum Gasteiger partial charge on any atom is -0.379 e. The number of morpholine rings is 1. The van der Waals surface area contributed by atoms with E-state index in [1.54, 1.807) is 0 Å². The molecule has 1 saturated heterocycles. The molecule has 0 aliphatic carbocycles. The van der Waals surface area contributed by atoms with Crippen molar-refractivity contribution >= 4 is 23.3 Å². The van der Waals surface area contributed by atoms with Crippen LogP contribution in [0.3, 0.4) is 0 Å². The molecule has 1 rings (SSSR count). The van der Waals surface area contributed by atoms with Crippen molar-refractivity contribution < 1.29 is 4.74 Å². The molecule has 0 saturated carbocycles. The average Bonchev–Trinajstić information content (AvgIpc) is 1.96. The topological polar surface area (TPSA) is 21.3 Å². The second kappa shape index (κ2) is 7.62. The summed E-state index contributed by atoms with van der Waals surface area (Å²) in [6, 6.07) is 0. The second-order valence-corrected chi connectivity index (χ2v) is 1.36. The van der Waals surface area contributed by atoms with Crippen molar-refractivity contribution in [3.8, 4) is 0 Å². The van der Waals surface area contributed by atoms with Crippen molar-refractivity contribution in [1.29, 1.82) is 0 Å². The summed E-state index contributed by atoms with van der Waals surface area (Å²) >= 11 is 6.44. The molecule has 0 bridgehead atoms. The predicted octanol–water partition coefficient (Wildman–Crippen LogP) is 0.367. The summed E-state index contributed by atoms with van der Waals surface area (Å²) in [7, 11) is 0. The van der Waals surface area contributed by atoms with E-state index in [0.717, 1.165) is 26.3 Å². The first-order valence-corrected chi connectivity index (χ1v) is 4.08. The zero-order chi connectivity index (χ0) is 6.24. The third-order valence-electron chi connectivity index (χ3n) is 0.846. The van der Waals surface area contributed by atoms with Gasteiger partial charge in [-0.15, -0.1) is 23.3 Å². The van der Waals surface area contributed by atoms with Gasteiger partial charge < -0.3 is 10.1 Å². The van der Waals surface area contributed by atoms with Crippen LogP contribution in [0.5, 0.6) is 0 Å². The van der Waals surface area contributed by atoms with E-state index < -0.39 is 0 Å². The zero-order valence-electron chi connectivity index (χ0n) is 4.63. The molecule has 1 N–H and O–H groups in total. The smallest absolute Gasteiger partial charge is 0.0591 e. The van der Waals surface area contributed by atoms with Crippen molar-refractivity contribution in [2.45, 2.75) is 0 Å². The standard InChI is InChI=1S/C4H9NO.H2S2/c1-3-6-4-2-5-1;1-2/h5H,1-4H2;1-2H. The molecule has 0 aromatic rings. The number of hydrogen-bond donors (Lipinski definition) is 3. The maximum absolute atomic E-state index is 5.01. The summed E-state index contributed by atoms with van der Waals surface area (Å²) < 4.78 is 5.01. The first-order chi connectivity index (χ1) is 4.00. The SMILES string of the molecule is C1COCCN1.SS. The van der Waals surface area contributed by atoms with Gasteiger partial charge in [-0.1, -0.05) is 0 Å². The van der Waals surface area contributed by atoms with Crippen LogP contribution in [0.15, 0.2) is 0 Å². The molecule has 0 aromatic carbocycles. The molecule has 1 aliphatic rings. The van der Waals surface area contributed by atoms with Crippen LogP contribution in [0.2, 0.25) is 0 Å². The Labute approximate surface area is 60.2 Å². The lowest BCUT2D eigenvalue weighted by atomic mass is 10.5. The maximum atomic E-state index is 5.01. The Hall–Kier alpha value is 0.620. The third kappa shape index (κ3) is 4.77. The Bertz CT molecular complexity index is 29.5. The lowest BCUT2D eigenvalue weighted by Crippen LogP contribution is -2.30. The van der Waals surface area contributed by atoms with Gasteiger partial charge in [-0.25, -0.2) is 0 Å². The summed E-state index contributed by atoms with van der Waals surface area (Å²) in [5.74, 6) is 0. The molecular formula is C4H11NOS2. The molecule has 50 valence electrons. The normalized spacial score (nSPS) is 18.8. The Morgan fingerprint density at radius 1 is 1.12 bits per heavy atom. The van der Waals surface area contributed by atoms with Gasteiger partial charge >= 0.3 is 0 Å².